The molecule has 7 nitrogen and oxygen atoms in total. The molecule has 164 valence electrons. The van der Waals surface area contributed by atoms with E-state index in [4.69, 9.17) is 0 Å². The number of nitrogens with zero attached hydrogens (tertiary/aromatic N) is 4. The molecular formula is C22H32N4O3S. The van der Waals surface area contributed by atoms with Crippen LogP contribution in [0.25, 0.3) is 0 Å². The largest absolute Gasteiger partial charge is 0.343 e. The van der Waals surface area contributed by atoms with Crippen molar-refractivity contribution in [2.24, 2.45) is 5.92 Å². The van der Waals surface area contributed by atoms with Gasteiger partial charge in [0.2, 0.25) is 20.9 Å². The van der Waals surface area contributed by atoms with E-state index < -0.39 is 9.84 Å². The van der Waals surface area contributed by atoms with E-state index in [0.717, 1.165) is 38.2 Å². The zero-order valence-electron chi connectivity index (χ0n) is 18.1. The predicted octanol–water partition coefficient (Wildman–Crippen LogP) is 2.22. The van der Waals surface area contributed by atoms with Gasteiger partial charge in [-0.2, -0.15) is 0 Å². The number of aromatic nitrogens is 2. The van der Waals surface area contributed by atoms with Crippen LogP contribution in [0, 0.1) is 5.92 Å². The average Bonchev–Trinajstić information content (AvgIpc) is 3.25. The van der Waals surface area contributed by atoms with Crippen LogP contribution in [0.2, 0.25) is 0 Å². The first-order valence-corrected chi connectivity index (χ1v) is 12.4. The number of carbonyl (C=O) groups is 1. The fourth-order valence-electron chi connectivity index (χ4n) is 4.20. The Balaban J connectivity index is 1.66. The monoisotopic (exact) mass is 432 g/mol. The molecule has 1 aromatic heterocycles. The molecule has 0 bridgehead atoms. The maximum absolute atomic E-state index is 12.2. The van der Waals surface area contributed by atoms with E-state index in [9.17, 15) is 13.2 Å². The third-order valence-corrected chi connectivity index (χ3v) is 6.59. The minimum atomic E-state index is -3.40. The lowest BCUT2D eigenvalue weighted by Gasteiger charge is -2.22. The molecule has 0 saturated carbocycles. The Hall–Kier alpha value is -2.19. The highest BCUT2D eigenvalue weighted by Gasteiger charge is 2.29. The summed E-state index contributed by atoms with van der Waals surface area (Å²) >= 11 is 0. The van der Waals surface area contributed by atoms with Crippen molar-refractivity contribution < 1.29 is 13.2 Å². The molecule has 3 rings (SSSR count). The lowest BCUT2D eigenvalue weighted by atomic mass is 10.1. The normalized spacial score (nSPS) is 17.3. The lowest BCUT2D eigenvalue weighted by Crippen LogP contribution is -2.29. The van der Waals surface area contributed by atoms with Crippen LogP contribution in [0.5, 0.6) is 0 Å². The van der Waals surface area contributed by atoms with E-state index in [2.05, 4.69) is 22.0 Å². The predicted molar refractivity (Wildman–Crippen MR) is 117 cm³/mol. The van der Waals surface area contributed by atoms with Crippen molar-refractivity contribution in [3.8, 4) is 0 Å². The Morgan fingerprint density at radius 2 is 1.97 bits per heavy atom. The van der Waals surface area contributed by atoms with Crippen LogP contribution in [0.4, 0.5) is 0 Å². The van der Waals surface area contributed by atoms with Crippen molar-refractivity contribution in [1.29, 1.82) is 0 Å². The van der Waals surface area contributed by atoms with Crippen LogP contribution in [0.1, 0.15) is 31.0 Å². The molecular weight excluding hydrogens is 400 g/mol. The highest BCUT2D eigenvalue weighted by atomic mass is 32.2. The second-order valence-corrected chi connectivity index (χ2v) is 10.2. The molecule has 8 heteroatoms. The van der Waals surface area contributed by atoms with Gasteiger partial charge in [0.1, 0.15) is 0 Å². The molecule has 1 atom stereocenters. The summed E-state index contributed by atoms with van der Waals surface area (Å²) in [6.45, 7) is 5.56. The van der Waals surface area contributed by atoms with Gasteiger partial charge in [-0.05, 0) is 38.3 Å². The summed E-state index contributed by atoms with van der Waals surface area (Å²) in [5.74, 6) is 0.535. The van der Waals surface area contributed by atoms with E-state index in [1.807, 2.05) is 41.6 Å². The van der Waals surface area contributed by atoms with Gasteiger partial charge < -0.3 is 14.4 Å². The number of hydrogen-bond donors (Lipinski definition) is 0. The van der Waals surface area contributed by atoms with Crippen LogP contribution >= 0.6 is 0 Å². The molecule has 2 aromatic rings. The second-order valence-electron chi connectivity index (χ2n) is 8.24. The topological polar surface area (TPSA) is 75.5 Å². The molecule has 2 heterocycles. The fourth-order valence-corrected chi connectivity index (χ4v) is 5.06. The van der Waals surface area contributed by atoms with Crippen LogP contribution in [-0.4, -0.2) is 66.6 Å². The van der Waals surface area contributed by atoms with Gasteiger partial charge in [0.05, 0.1) is 11.9 Å². The van der Waals surface area contributed by atoms with E-state index in [1.165, 1.54) is 11.8 Å². The number of amides is 1. The molecule has 0 aliphatic carbocycles. The molecule has 0 spiro atoms. The molecule has 1 saturated heterocycles. The third kappa shape index (κ3) is 5.70. The summed E-state index contributed by atoms with van der Waals surface area (Å²) in [5, 5.41) is 0.132. The van der Waals surface area contributed by atoms with Crippen molar-refractivity contribution in [3.63, 3.8) is 0 Å². The highest BCUT2D eigenvalue weighted by molar-refractivity contribution is 7.90. The van der Waals surface area contributed by atoms with Gasteiger partial charge in [-0.1, -0.05) is 30.3 Å². The zero-order chi connectivity index (χ0) is 21.7. The molecule has 1 unspecified atom stereocenters. The number of hydrogen-bond acceptors (Lipinski definition) is 5. The van der Waals surface area contributed by atoms with Crippen LogP contribution in [0.15, 0.2) is 41.7 Å². The first-order chi connectivity index (χ1) is 14.3. The number of benzene rings is 1. The summed E-state index contributed by atoms with van der Waals surface area (Å²) in [6.07, 6.45) is 5.19. The van der Waals surface area contributed by atoms with Gasteiger partial charge in [-0.25, -0.2) is 13.4 Å². The van der Waals surface area contributed by atoms with Gasteiger partial charge in [-0.3, -0.25) is 4.79 Å². The molecule has 1 amide bonds. The van der Waals surface area contributed by atoms with Crippen molar-refractivity contribution in [1.82, 2.24) is 19.4 Å². The Labute approximate surface area is 179 Å². The molecule has 0 N–H and O–H groups in total. The van der Waals surface area contributed by atoms with Gasteiger partial charge in [0.25, 0.3) is 0 Å². The number of likely N-dealkylation sites (tertiary alicyclic amines) is 1. The molecule has 1 aliphatic rings. The molecule has 1 aromatic carbocycles. The summed E-state index contributed by atoms with van der Waals surface area (Å²) in [6, 6.07) is 10.2. The minimum Gasteiger partial charge on any atom is -0.343 e. The van der Waals surface area contributed by atoms with Crippen LogP contribution in [-0.2, 0) is 34.1 Å². The van der Waals surface area contributed by atoms with E-state index in [-0.39, 0.29) is 11.1 Å². The number of carbonyl (C=O) groups excluding carboxylic acids is 1. The van der Waals surface area contributed by atoms with E-state index in [1.54, 1.807) is 6.20 Å². The number of sulfone groups is 1. The van der Waals surface area contributed by atoms with Crippen molar-refractivity contribution >= 4 is 15.7 Å². The van der Waals surface area contributed by atoms with E-state index >= 15 is 0 Å². The van der Waals surface area contributed by atoms with Gasteiger partial charge in [0.15, 0.2) is 0 Å². The zero-order valence-corrected chi connectivity index (χ0v) is 18.9. The van der Waals surface area contributed by atoms with Gasteiger partial charge >= 0.3 is 0 Å². The Kier molecular flexibility index (Phi) is 7.31. The van der Waals surface area contributed by atoms with Crippen LogP contribution in [0.3, 0.4) is 0 Å². The molecule has 1 fully saturated rings. The van der Waals surface area contributed by atoms with Crippen LogP contribution < -0.4 is 0 Å². The number of aryl methyl sites for hydroxylation is 1. The third-order valence-electron chi connectivity index (χ3n) is 5.60. The van der Waals surface area contributed by atoms with E-state index in [0.29, 0.717) is 25.4 Å². The quantitative estimate of drug-likeness (QED) is 0.575. The molecule has 0 radical (unpaired) electrons. The summed E-state index contributed by atoms with van der Waals surface area (Å²) in [4.78, 5) is 20.3. The smallest absolute Gasteiger partial charge is 0.227 e. The minimum absolute atomic E-state index is 0.132. The molecule has 1 aliphatic heterocycles. The first-order valence-electron chi connectivity index (χ1n) is 10.5. The first kappa shape index (κ1) is 22.5. The molecule has 30 heavy (non-hydrogen) atoms. The van der Waals surface area contributed by atoms with Gasteiger partial charge in [0, 0.05) is 45.4 Å². The average molecular weight is 433 g/mol. The summed E-state index contributed by atoms with van der Waals surface area (Å²) in [7, 11) is -1.39. The van der Waals surface area contributed by atoms with Crippen molar-refractivity contribution in [2.75, 3.05) is 32.9 Å². The summed E-state index contributed by atoms with van der Waals surface area (Å²) in [5.41, 5.74) is 2.13. The fraction of sp³-hybridized carbons (Fsp3) is 0.545. The van der Waals surface area contributed by atoms with Gasteiger partial charge in [-0.15, -0.1) is 0 Å². The second kappa shape index (κ2) is 9.75. The van der Waals surface area contributed by atoms with Crippen molar-refractivity contribution in [2.45, 2.75) is 44.4 Å². The summed E-state index contributed by atoms with van der Waals surface area (Å²) < 4.78 is 26.3. The lowest BCUT2D eigenvalue weighted by molar-refractivity contribution is -0.127. The maximum atomic E-state index is 12.2. The van der Waals surface area contributed by atoms with Crippen molar-refractivity contribution in [3.05, 3.63) is 47.8 Å². The highest BCUT2D eigenvalue weighted by Crippen LogP contribution is 2.20. The standard InChI is InChI=1S/C22H32N4O3S/c1-4-25-16-19(13-21(25)27)15-24(2)17-20-14-23-22(30(3,28)29)26(20)12-8-11-18-9-6-5-7-10-18/h5-7,9-10,14,19H,4,8,11-13,15-17H2,1-3H3. The Bertz CT molecular complexity index is 956. The number of rotatable bonds is 10. The number of imidazole rings is 1. The Morgan fingerprint density at radius 1 is 1.23 bits per heavy atom. The maximum Gasteiger partial charge on any atom is 0.227 e. The SMILES string of the molecule is CCN1CC(CN(C)Cc2cnc(S(C)(=O)=O)n2CCCc2ccccc2)CC1=O. The Morgan fingerprint density at radius 3 is 2.60 bits per heavy atom.